The van der Waals surface area contributed by atoms with Crippen LogP contribution in [-0.4, -0.2) is 41.7 Å². The molecule has 0 bridgehead atoms. The molecule has 0 radical (unpaired) electrons. The van der Waals surface area contributed by atoms with Gasteiger partial charge in [-0.05, 0) is 23.8 Å². The minimum atomic E-state index is -0.864. The second kappa shape index (κ2) is 11.0. The van der Waals surface area contributed by atoms with Gasteiger partial charge in [-0.25, -0.2) is 9.59 Å². The predicted molar refractivity (Wildman–Crippen MR) is 130 cm³/mol. The number of Topliss-reactive ketones (excluding diaryl/α,β-unsaturated/α-hetero) is 1. The van der Waals surface area contributed by atoms with Gasteiger partial charge in [0, 0.05) is 24.8 Å². The van der Waals surface area contributed by atoms with Crippen molar-refractivity contribution >= 4 is 23.6 Å². The van der Waals surface area contributed by atoms with Crippen LogP contribution in [0.3, 0.4) is 0 Å². The number of aromatic nitrogens is 2. The number of hydrogen-bond donors (Lipinski definition) is 1. The number of carbonyl (C=O) groups excluding carboxylic acids is 2. The molecule has 0 aliphatic carbocycles. The molecule has 0 amide bonds. The maximum atomic E-state index is 12.8. The standard InChI is InChI=1S/C25H25N3O7/c1-27-24(31)22(23(26)28(25(27)32)14-16-7-5-4-6-8-16)19(29)15-35-21(30)12-10-17-9-11-18(33-2)13-20(17)34-3/h4-13H,14-15,26H2,1-3H3. The molecule has 0 atom stereocenters. The molecule has 0 aliphatic rings. The summed E-state index contributed by atoms with van der Waals surface area (Å²) >= 11 is 0. The van der Waals surface area contributed by atoms with E-state index < -0.39 is 35.2 Å². The maximum absolute atomic E-state index is 12.8. The zero-order chi connectivity index (χ0) is 25.5. The third kappa shape index (κ3) is 5.67. The molecule has 2 aromatic carbocycles. The van der Waals surface area contributed by atoms with Crippen molar-refractivity contribution in [2.45, 2.75) is 6.54 Å². The van der Waals surface area contributed by atoms with Crippen molar-refractivity contribution in [2.24, 2.45) is 7.05 Å². The summed E-state index contributed by atoms with van der Waals surface area (Å²) in [5, 5.41) is 0. The summed E-state index contributed by atoms with van der Waals surface area (Å²) in [7, 11) is 4.25. The van der Waals surface area contributed by atoms with Gasteiger partial charge >= 0.3 is 11.7 Å². The van der Waals surface area contributed by atoms with Gasteiger partial charge < -0.3 is 19.9 Å². The van der Waals surface area contributed by atoms with Crippen LogP contribution in [0.4, 0.5) is 5.82 Å². The third-order valence-electron chi connectivity index (χ3n) is 5.23. The van der Waals surface area contributed by atoms with E-state index in [0.29, 0.717) is 17.1 Å². The van der Waals surface area contributed by atoms with Crippen LogP contribution in [0.15, 0.2) is 64.2 Å². The van der Waals surface area contributed by atoms with Crippen LogP contribution < -0.4 is 26.5 Å². The highest BCUT2D eigenvalue weighted by Crippen LogP contribution is 2.25. The first-order chi connectivity index (χ1) is 16.8. The van der Waals surface area contributed by atoms with E-state index in [1.165, 1.54) is 27.3 Å². The van der Waals surface area contributed by atoms with E-state index >= 15 is 0 Å². The third-order valence-corrected chi connectivity index (χ3v) is 5.23. The van der Waals surface area contributed by atoms with Gasteiger partial charge in [-0.15, -0.1) is 0 Å². The lowest BCUT2D eigenvalue weighted by Crippen LogP contribution is -2.43. The number of anilines is 1. The van der Waals surface area contributed by atoms with Gasteiger partial charge in [-0.2, -0.15) is 0 Å². The summed E-state index contributed by atoms with van der Waals surface area (Å²) in [4.78, 5) is 50.1. The first-order valence-corrected chi connectivity index (χ1v) is 10.5. The number of nitrogens with zero attached hydrogens (tertiary/aromatic N) is 2. The summed E-state index contributed by atoms with van der Waals surface area (Å²) in [6, 6.07) is 14.0. The maximum Gasteiger partial charge on any atom is 0.332 e. The van der Waals surface area contributed by atoms with Gasteiger partial charge in [0.25, 0.3) is 5.56 Å². The Labute approximate surface area is 200 Å². The fraction of sp³-hybridized carbons (Fsp3) is 0.200. The lowest BCUT2D eigenvalue weighted by Gasteiger charge is -2.14. The Morgan fingerprint density at radius 1 is 1.03 bits per heavy atom. The molecule has 0 spiro atoms. The molecule has 182 valence electrons. The zero-order valence-corrected chi connectivity index (χ0v) is 19.5. The van der Waals surface area contributed by atoms with Gasteiger partial charge in [-0.3, -0.25) is 18.7 Å². The average Bonchev–Trinajstić information content (AvgIpc) is 2.88. The van der Waals surface area contributed by atoms with Crippen LogP contribution in [0.2, 0.25) is 0 Å². The largest absolute Gasteiger partial charge is 0.497 e. The van der Waals surface area contributed by atoms with Crippen molar-refractivity contribution in [2.75, 3.05) is 26.6 Å². The Balaban J connectivity index is 1.78. The topological polar surface area (TPSA) is 132 Å². The van der Waals surface area contributed by atoms with Crippen LogP contribution in [0.1, 0.15) is 21.5 Å². The normalized spacial score (nSPS) is 10.8. The number of methoxy groups -OCH3 is 2. The van der Waals surface area contributed by atoms with Crippen molar-refractivity contribution in [1.29, 1.82) is 0 Å². The van der Waals surface area contributed by atoms with Crippen molar-refractivity contribution < 1.29 is 23.8 Å². The summed E-state index contributed by atoms with van der Waals surface area (Å²) in [5.41, 5.74) is 5.44. The molecule has 0 fully saturated rings. The zero-order valence-electron chi connectivity index (χ0n) is 19.5. The lowest BCUT2D eigenvalue weighted by atomic mass is 10.1. The summed E-state index contributed by atoms with van der Waals surface area (Å²) in [6.07, 6.45) is 2.58. The molecule has 3 rings (SSSR count). The van der Waals surface area contributed by atoms with E-state index in [9.17, 15) is 19.2 Å². The molecule has 3 aromatic rings. The molecule has 10 heteroatoms. The molecule has 1 aromatic heterocycles. The predicted octanol–water partition coefficient (Wildman–Crippen LogP) is 1.63. The lowest BCUT2D eigenvalue weighted by molar-refractivity contribution is -0.136. The highest BCUT2D eigenvalue weighted by Gasteiger charge is 2.22. The second-order valence-corrected chi connectivity index (χ2v) is 7.45. The summed E-state index contributed by atoms with van der Waals surface area (Å²) < 4.78 is 17.3. The number of ether oxygens (including phenoxy) is 3. The van der Waals surface area contributed by atoms with Crippen molar-refractivity contribution in [1.82, 2.24) is 9.13 Å². The highest BCUT2D eigenvalue weighted by atomic mass is 16.5. The summed E-state index contributed by atoms with van der Waals surface area (Å²) in [6.45, 7) is -0.669. The molecule has 0 aliphatic heterocycles. The van der Waals surface area contributed by atoms with Crippen molar-refractivity contribution in [3.05, 3.63) is 92.1 Å². The molecule has 1 heterocycles. The first kappa shape index (κ1) is 25.0. The summed E-state index contributed by atoms with van der Waals surface area (Å²) in [5.74, 6) is -0.874. The molecular weight excluding hydrogens is 454 g/mol. The quantitative estimate of drug-likeness (QED) is 0.278. The van der Waals surface area contributed by atoms with Crippen LogP contribution >= 0.6 is 0 Å². The van der Waals surface area contributed by atoms with E-state index in [4.69, 9.17) is 19.9 Å². The minimum Gasteiger partial charge on any atom is -0.497 e. The minimum absolute atomic E-state index is 0.0616. The number of esters is 1. The van der Waals surface area contributed by atoms with Gasteiger partial charge in [0.1, 0.15) is 22.9 Å². The molecule has 10 nitrogen and oxygen atoms in total. The van der Waals surface area contributed by atoms with Crippen LogP contribution in [0, 0.1) is 0 Å². The molecule has 0 unspecified atom stereocenters. The van der Waals surface area contributed by atoms with E-state index in [0.717, 1.165) is 20.8 Å². The molecular formula is C25H25N3O7. The van der Waals surface area contributed by atoms with Crippen LogP contribution in [0.5, 0.6) is 11.5 Å². The number of nitrogen functional groups attached to an aromatic ring is 1. The molecule has 0 saturated heterocycles. The Hall–Kier alpha value is -4.60. The number of ketones is 1. The number of nitrogens with two attached hydrogens (primary N) is 1. The van der Waals surface area contributed by atoms with E-state index in [2.05, 4.69) is 0 Å². The van der Waals surface area contributed by atoms with E-state index in [1.54, 1.807) is 42.5 Å². The number of carbonyl (C=O) groups is 2. The number of rotatable bonds is 9. The van der Waals surface area contributed by atoms with Gasteiger partial charge in [-0.1, -0.05) is 30.3 Å². The molecule has 0 saturated carbocycles. The SMILES string of the molecule is COc1ccc(C=CC(=O)OCC(=O)c2c(N)n(Cc3ccccc3)c(=O)n(C)c2=O)c(OC)c1. The van der Waals surface area contributed by atoms with Gasteiger partial charge in [0.2, 0.25) is 5.78 Å². The Kier molecular flexibility index (Phi) is 7.88. The van der Waals surface area contributed by atoms with Crippen molar-refractivity contribution in [3.63, 3.8) is 0 Å². The molecule has 35 heavy (non-hydrogen) atoms. The fourth-order valence-electron chi connectivity index (χ4n) is 3.34. The van der Waals surface area contributed by atoms with E-state index in [1.807, 2.05) is 6.07 Å². The Bertz CT molecular complexity index is 1390. The number of benzene rings is 2. The highest BCUT2D eigenvalue weighted by molar-refractivity contribution is 6.02. The monoisotopic (exact) mass is 479 g/mol. The van der Waals surface area contributed by atoms with Crippen molar-refractivity contribution in [3.8, 4) is 11.5 Å². The van der Waals surface area contributed by atoms with Crippen LogP contribution in [-0.2, 0) is 23.1 Å². The fourth-order valence-corrected chi connectivity index (χ4v) is 3.34. The van der Waals surface area contributed by atoms with Gasteiger partial charge in [0.05, 0.1) is 20.8 Å². The van der Waals surface area contributed by atoms with E-state index in [-0.39, 0.29) is 12.4 Å². The van der Waals surface area contributed by atoms with Crippen LogP contribution in [0.25, 0.3) is 6.08 Å². The van der Waals surface area contributed by atoms with Gasteiger partial charge in [0.15, 0.2) is 6.61 Å². The average molecular weight is 479 g/mol. The second-order valence-electron chi connectivity index (χ2n) is 7.45. The smallest absolute Gasteiger partial charge is 0.332 e. The number of hydrogen-bond acceptors (Lipinski definition) is 8. The Morgan fingerprint density at radius 2 is 1.74 bits per heavy atom. The first-order valence-electron chi connectivity index (χ1n) is 10.5. The molecule has 2 N–H and O–H groups in total. The Morgan fingerprint density at radius 3 is 2.40 bits per heavy atom.